The number of aryl methyl sites for hydroxylation is 1. The van der Waals surface area contributed by atoms with Gasteiger partial charge in [-0.15, -0.1) is 0 Å². The van der Waals surface area contributed by atoms with Gasteiger partial charge in [-0.3, -0.25) is 0 Å². The predicted octanol–water partition coefficient (Wildman–Crippen LogP) is 2.42. The van der Waals surface area contributed by atoms with Crippen LogP contribution in [0.4, 0.5) is 9.18 Å². The highest BCUT2D eigenvalue weighted by atomic mass is 19.1. The van der Waals surface area contributed by atoms with Crippen LogP contribution in [-0.2, 0) is 6.54 Å². The molecule has 0 spiro atoms. The smallest absolute Gasteiger partial charge is 0.315 e. The lowest BCUT2D eigenvalue weighted by Gasteiger charge is -2.28. The maximum Gasteiger partial charge on any atom is 0.315 e. The molecule has 3 rings (SSSR count). The second kappa shape index (κ2) is 7.23. The summed E-state index contributed by atoms with van der Waals surface area (Å²) >= 11 is 0. The van der Waals surface area contributed by atoms with Crippen LogP contribution in [0.25, 0.3) is 5.69 Å². The molecule has 0 atom stereocenters. The molecule has 134 valence electrons. The number of nitrogens with one attached hydrogen (secondary N) is 2. The van der Waals surface area contributed by atoms with E-state index in [9.17, 15) is 14.3 Å². The quantitative estimate of drug-likeness (QED) is 0.778. The van der Waals surface area contributed by atoms with Crippen molar-refractivity contribution in [1.82, 2.24) is 20.2 Å². The van der Waals surface area contributed by atoms with E-state index in [0.717, 1.165) is 25.7 Å². The van der Waals surface area contributed by atoms with Gasteiger partial charge < -0.3 is 20.3 Å². The van der Waals surface area contributed by atoms with E-state index in [0.29, 0.717) is 17.1 Å². The molecule has 0 bridgehead atoms. The van der Waals surface area contributed by atoms with Crippen LogP contribution >= 0.6 is 0 Å². The highest BCUT2D eigenvalue weighted by molar-refractivity contribution is 5.74. The molecular formula is C18H23FN4O2. The van der Waals surface area contributed by atoms with Crippen molar-refractivity contribution in [3.8, 4) is 5.69 Å². The average molecular weight is 346 g/mol. The molecule has 1 aromatic heterocycles. The fourth-order valence-corrected chi connectivity index (χ4v) is 3.33. The van der Waals surface area contributed by atoms with Crippen LogP contribution in [0.3, 0.4) is 0 Å². The number of benzene rings is 1. The van der Waals surface area contributed by atoms with Crippen LogP contribution in [0.2, 0.25) is 0 Å². The fourth-order valence-electron chi connectivity index (χ4n) is 3.33. The van der Waals surface area contributed by atoms with Gasteiger partial charge in [-0.2, -0.15) is 0 Å². The van der Waals surface area contributed by atoms with Crippen molar-refractivity contribution >= 4 is 6.03 Å². The molecule has 25 heavy (non-hydrogen) atoms. The summed E-state index contributed by atoms with van der Waals surface area (Å²) in [6.07, 6.45) is 6.89. The number of urea groups is 1. The van der Waals surface area contributed by atoms with Crippen molar-refractivity contribution in [2.75, 3.05) is 6.61 Å². The van der Waals surface area contributed by atoms with Crippen LogP contribution in [0.15, 0.2) is 30.6 Å². The van der Waals surface area contributed by atoms with Gasteiger partial charge in [0.15, 0.2) is 0 Å². The van der Waals surface area contributed by atoms with E-state index >= 15 is 0 Å². The molecule has 7 heteroatoms. The van der Waals surface area contributed by atoms with Crippen LogP contribution in [-0.4, -0.2) is 32.8 Å². The van der Waals surface area contributed by atoms with Crippen LogP contribution in [0.1, 0.15) is 37.1 Å². The minimum Gasteiger partial charge on any atom is -0.394 e. The van der Waals surface area contributed by atoms with Crippen molar-refractivity contribution in [2.24, 2.45) is 0 Å². The Morgan fingerprint density at radius 1 is 1.40 bits per heavy atom. The van der Waals surface area contributed by atoms with Crippen molar-refractivity contribution < 1.29 is 14.3 Å². The molecule has 1 aliphatic carbocycles. The number of rotatable bonds is 5. The van der Waals surface area contributed by atoms with Crippen LogP contribution < -0.4 is 10.6 Å². The Hall–Kier alpha value is -2.41. The molecule has 0 saturated heterocycles. The van der Waals surface area contributed by atoms with Gasteiger partial charge in [0.1, 0.15) is 11.6 Å². The number of carbonyl (C=O) groups is 1. The number of halogens is 1. The molecule has 1 aliphatic rings. The summed E-state index contributed by atoms with van der Waals surface area (Å²) in [4.78, 5) is 16.2. The molecule has 0 radical (unpaired) electrons. The fraction of sp³-hybridized carbons (Fsp3) is 0.444. The van der Waals surface area contributed by atoms with Crippen molar-refractivity contribution in [1.29, 1.82) is 0 Å². The Morgan fingerprint density at radius 3 is 2.76 bits per heavy atom. The Bertz CT molecular complexity index is 753. The molecule has 0 unspecified atom stereocenters. The van der Waals surface area contributed by atoms with Gasteiger partial charge in [-0.1, -0.05) is 18.9 Å². The maximum absolute atomic E-state index is 14.4. The van der Waals surface area contributed by atoms with Crippen molar-refractivity contribution in [3.05, 3.63) is 47.8 Å². The Balaban J connectivity index is 1.61. The van der Waals surface area contributed by atoms with Gasteiger partial charge in [0.2, 0.25) is 0 Å². The van der Waals surface area contributed by atoms with E-state index in [1.807, 2.05) is 0 Å². The van der Waals surface area contributed by atoms with Gasteiger partial charge in [0.25, 0.3) is 0 Å². The monoisotopic (exact) mass is 346 g/mol. The summed E-state index contributed by atoms with van der Waals surface area (Å²) in [6.45, 7) is 1.96. The standard InChI is InChI=1S/C18H23FN4O2/c1-13-20-8-9-23(13)16-5-4-14(10-15(16)19)11-21-17(25)22-18(12-24)6-2-3-7-18/h4-5,8-10,24H,2-3,6-7,11-12H2,1H3,(H2,21,22,25). The summed E-state index contributed by atoms with van der Waals surface area (Å²) in [7, 11) is 0. The lowest BCUT2D eigenvalue weighted by molar-refractivity contribution is 0.162. The molecular weight excluding hydrogens is 323 g/mol. The molecule has 1 heterocycles. The SMILES string of the molecule is Cc1nccn1-c1ccc(CNC(=O)NC2(CO)CCCC2)cc1F. The van der Waals surface area contributed by atoms with Crippen LogP contribution in [0, 0.1) is 12.7 Å². The summed E-state index contributed by atoms with van der Waals surface area (Å²) in [5.74, 6) is 0.332. The first kappa shape index (κ1) is 17.4. The van der Waals surface area contributed by atoms with E-state index in [1.165, 1.54) is 6.07 Å². The zero-order chi connectivity index (χ0) is 17.9. The topological polar surface area (TPSA) is 79.2 Å². The number of hydrogen-bond donors (Lipinski definition) is 3. The zero-order valence-electron chi connectivity index (χ0n) is 14.3. The minimum absolute atomic E-state index is 0.0615. The number of aliphatic hydroxyl groups excluding tert-OH is 1. The normalized spacial score (nSPS) is 16.0. The lowest BCUT2D eigenvalue weighted by Crippen LogP contribution is -2.52. The number of nitrogens with zero attached hydrogens (tertiary/aromatic N) is 2. The second-order valence-electron chi connectivity index (χ2n) is 6.58. The first-order valence-corrected chi connectivity index (χ1v) is 8.49. The maximum atomic E-state index is 14.4. The summed E-state index contributed by atoms with van der Waals surface area (Å²) in [6, 6.07) is 4.51. The predicted molar refractivity (Wildman–Crippen MR) is 91.9 cm³/mol. The highest BCUT2D eigenvalue weighted by Crippen LogP contribution is 2.28. The van der Waals surface area contributed by atoms with Gasteiger partial charge in [0.05, 0.1) is 17.8 Å². The summed E-state index contributed by atoms with van der Waals surface area (Å²) in [5, 5.41) is 15.1. The number of carbonyl (C=O) groups excluding carboxylic acids is 1. The van der Waals surface area contributed by atoms with Crippen LogP contribution in [0.5, 0.6) is 0 Å². The van der Waals surface area contributed by atoms with E-state index in [2.05, 4.69) is 15.6 Å². The van der Waals surface area contributed by atoms with Gasteiger partial charge in [-0.05, 0) is 37.5 Å². The highest BCUT2D eigenvalue weighted by Gasteiger charge is 2.34. The third-order valence-electron chi connectivity index (χ3n) is 4.79. The average Bonchev–Trinajstić information content (AvgIpc) is 3.23. The molecule has 2 aromatic rings. The minimum atomic E-state index is -0.516. The van der Waals surface area contributed by atoms with Crippen molar-refractivity contribution in [2.45, 2.75) is 44.7 Å². The lowest BCUT2D eigenvalue weighted by atomic mass is 9.99. The van der Waals surface area contributed by atoms with Gasteiger partial charge in [-0.25, -0.2) is 14.2 Å². The number of hydrogen-bond acceptors (Lipinski definition) is 3. The Morgan fingerprint density at radius 2 is 2.16 bits per heavy atom. The van der Waals surface area contributed by atoms with E-state index in [4.69, 9.17) is 0 Å². The number of amides is 2. The second-order valence-corrected chi connectivity index (χ2v) is 6.58. The number of aliphatic hydroxyl groups is 1. The molecule has 3 N–H and O–H groups in total. The molecule has 1 fully saturated rings. The third kappa shape index (κ3) is 3.82. The number of imidazole rings is 1. The Kier molecular flexibility index (Phi) is 5.03. The van der Waals surface area contributed by atoms with Gasteiger partial charge >= 0.3 is 6.03 Å². The zero-order valence-corrected chi connectivity index (χ0v) is 14.3. The third-order valence-corrected chi connectivity index (χ3v) is 4.79. The molecule has 1 saturated carbocycles. The molecule has 2 amide bonds. The molecule has 6 nitrogen and oxygen atoms in total. The number of aromatic nitrogens is 2. The first-order valence-electron chi connectivity index (χ1n) is 8.49. The largest absolute Gasteiger partial charge is 0.394 e. The summed E-state index contributed by atoms with van der Waals surface area (Å²) in [5.41, 5.74) is 0.574. The summed E-state index contributed by atoms with van der Waals surface area (Å²) < 4.78 is 16.0. The molecule has 0 aliphatic heterocycles. The van der Waals surface area contributed by atoms with E-state index < -0.39 is 5.54 Å². The van der Waals surface area contributed by atoms with Gasteiger partial charge in [0, 0.05) is 18.9 Å². The first-order chi connectivity index (χ1) is 12.0. The van der Waals surface area contributed by atoms with E-state index in [1.54, 1.807) is 36.0 Å². The molecule has 1 aromatic carbocycles. The van der Waals surface area contributed by atoms with E-state index in [-0.39, 0.29) is 25.0 Å². The Labute approximate surface area is 146 Å². The van der Waals surface area contributed by atoms with Crippen molar-refractivity contribution in [3.63, 3.8) is 0 Å².